The molecule has 206 valence electrons. The van der Waals surface area contributed by atoms with Crippen LogP contribution in [0, 0.1) is 11.3 Å². The number of methoxy groups -OCH3 is 2. The molecule has 3 N–H and O–H groups in total. The van der Waals surface area contributed by atoms with Crippen molar-refractivity contribution in [2.45, 2.75) is 25.0 Å². The molecule has 1 fully saturated rings. The Kier molecular flexibility index (Phi) is 7.91. The van der Waals surface area contributed by atoms with Gasteiger partial charge >= 0.3 is 12.0 Å². The van der Waals surface area contributed by atoms with Gasteiger partial charge in [-0.3, -0.25) is 9.69 Å². The van der Waals surface area contributed by atoms with Crippen LogP contribution in [0.2, 0.25) is 0 Å². The maximum atomic E-state index is 13.3. The second kappa shape index (κ2) is 11.2. The number of nitrogens with zero attached hydrogens (tertiary/aromatic N) is 4. The summed E-state index contributed by atoms with van der Waals surface area (Å²) >= 11 is 1.15. The van der Waals surface area contributed by atoms with Crippen molar-refractivity contribution in [3.8, 4) is 17.6 Å². The number of hydrogen-bond donors (Lipinski definition) is 2. The third-order valence-electron chi connectivity index (χ3n) is 6.49. The topological polar surface area (TPSA) is 169 Å². The molecule has 39 heavy (non-hydrogen) atoms. The van der Waals surface area contributed by atoms with Crippen molar-refractivity contribution in [1.82, 2.24) is 15.1 Å². The lowest BCUT2D eigenvalue weighted by atomic mass is 9.82. The van der Waals surface area contributed by atoms with E-state index in [4.69, 9.17) is 24.7 Å². The molecule has 3 amide bonds. The summed E-state index contributed by atoms with van der Waals surface area (Å²) < 4.78 is 22.2. The number of esters is 1. The van der Waals surface area contributed by atoms with Gasteiger partial charge in [0.15, 0.2) is 22.8 Å². The minimum atomic E-state index is -0.969. The number of urea groups is 1. The first-order valence-corrected chi connectivity index (χ1v) is 12.9. The number of aliphatic imine (C=N–C) groups is 1. The molecule has 4 rings (SSSR count). The van der Waals surface area contributed by atoms with Crippen molar-refractivity contribution >= 4 is 34.8 Å². The lowest BCUT2D eigenvalue weighted by Gasteiger charge is -2.36. The summed E-state index contributed by atoms with van der Waals surface area (Å²) in [6.07, 6.45) is -0.710. The number of ether oxygens (including phenoxy) is 4. The number of imide groups is 1. The number of allylic oxidation sites excluding steroid dienone is 1. The van der Waals surface area contributed by atoms with Gasteiger partial charge in [0.2, 0.25) is 5.88 Å². The Balaban J connectivity index is 1.74. The van der Waals surface area contributed by atoms with Crippen molar-refractivity contribution in [3.63, 3.8) is 0 Å². The molecule has 0 spiro atoms. The number of rotatable bonds is 7. The quantitative estimate of drug-likeness (QED) is 0.463. The maximum absolute atomic E-state index is 13.3. The molecule has 0 aliphatic carbocycles. The van der Waals surface area contributed by atoms with E-state index in [1.165, 1.54) is 26.2 Å². The molecule has 3 atom stereocenters. The number of para-hydroxylation sites is 1. The number of nitrogens with one attached hydrogen (secondary N) is 1. The largest absolute Gasteiger partial charge is 0.493 e. The van der Waals surface area contributed by atoms with Gasteiger partial charge in [-0.1, -0.05) is 23.9 Å². The molecule has 3 aliphatic heterocycles. The number of hydrogen-bond acceptors (Lipinski definition) is 12. The molecular formula is C25H28N6O7S. The maximum Gasteiger partial charge on any atom is 0.338 e. The number of likely N-dealkylation sites (N-methyl/N-ethyl adjacent to an activating group) is 2. The Bertz CT molecular complexity index is 1350. The second-order valence-electron chi connectivity index (χ2n) is 8.61. The van der Waals surface area contributed by atoms with Crippen LogP contribution < -0.4 is 20.5 Å². The number of amidine groups is 1. The molecule has 13 nitrogen and oxygen atoms in total. The van der Waals surface area contributed by atoms with Crippen molar-refractivity contribution in [1.29, 1.82) is 5.26 Å². The fraction of sp³-hybridized carbons (Fsp3) is 0.400. The predicted octanol–water partition coefficient (Wildman–Crippen LogP) is 1.24. The number of nitrogens with two attached hydrogens (primary N) is 1. The molecule has 0 bridgehead atoms. The molecule has 14 heteroatoms. The number of thioether (sulfide) groups is 1. The molecule has 3 heterocycles. The van der Waals surface area contributed by atoms with Gasteiger partial charge in [0.1, 0.15) is 23.4 Å². The minimum Gasteiger partial charge on any atom is -0.493 e. The van der Waals surface area contributed by atoms with E-state index in [0.29, 0.717) is 22.2 Å². The summed E-state index contributed by atoms with van der Waals surface area (Å²) in [5, 5.41) is 13.4. The fourth-order valence-electron chi connectivity index (χ4n) is 4.61. The summed E-state index contributed by atoms with van der Waals surface area (Å²) in [6.45, 7) is 1.75. The standard InChI is InChI=1S/C25H28N6O7S/c1-6-37-23(33)17-15(11-39-24-28-18-21(29-24)30(2)25(34)31(3)22(18)32)38-20(27)13(10-26)16(17)12-8-7-9-14(35-4)19(12)36-5/h7-9,16,18,21H,6,11,27H2,1-5H3,(H,28,29)/t16-,18+,21+/m0/s1. The zero-order valence-electron chi connectivity index (χ0n) is 22.0. The minimum absolute atomic E-state index is 0.00878. The summed E-state index contributed by atoms with van der Waals surface area (Å²) in [4.78, 5) is 45.2. The number of benzene rings is 1. The molecule has 0 aromatic heterocycles. The van der Waals surface area contributed by atoms with Gasteiger partial charge in [-0.05, 0) is 13.0 Å². The van der Waals surface area contributed by atoms with Crippen LogP contribution in [-0.2, 0) is 19.1 Å². The molecule has 0 saturated carbocycles. The lowest BCUT2D eigenvalue weighted by Crippen LogP contribution is -2.63. The van der Waals surface area contributed by atoms with E-state index < -0.39 is 36.0 Å². The van der Waals surface area contributed by atoms with Crippen molar-refractivity contribution < 1.29 is 33.3 Å². The third kappa shape index (κ3) is 4.81. The highest BCUT2D eigenvalue weighted by atomic mass is 32.2. The van der Waals surface area contributed by atoms with Gasteiger partial charge in [-0.25, -0.2) is 14.6 Å². The number of fused-ring (bicyclic) bond motifs is 1. The van der Waals surface area contributed by atoms with E-state index in [1.54, 1.807) is 32.2 Å². The third-order valence-corrected chi connectivity index (χ3v) is 7.39. The van der Waals surface area contributed by atoms with Gasteiger partial charge in [0, 0.05) is 19.7 Å². The first-order valence-electron chi connectivity index (χ1n) is 11.9. The summed E-state index contributed by atoms with van der Waals surface area (Å²) in [6, 6.07) is 5.96. The zero-order chi connectivity index (χ0) is 28.4. The Morgan fingerprint density at radius 3 is 2.67 bits per heavy atom. The van der Waals surface area contributed by atoms with Crippen LogP contribution >= 0.6 is 11.8 Å². The Labute approximate surface area is 229 Å². The van der Waals surface area contributed by atoms with Gasteiger partial charge < -0.3 is 34.9 Å². The number of amides is 3. The average molecular weight is 557 g/mol. The normalized spacial score (nSPS) is 22.6. The first kappa shape index (κ1) is 27.6. The molecule has 1 saturated heterocycles. The SMILES string of the molecule is CCOC(=O)C1=C(CSC2=N[C@H]3[C@@H](N2)C(=O)N(C)C(=O)N3C)OC(N)=C(C#N)[C@@H]1c1cccc(OC)c1OC. The van der Waals surface area contributed by atoms with Crippen molar-refractivity contribution in [3.05, 3.63) is 46.6 Å². The van der Waals surface area contributed by atoms with Gasteiger partial charge in [0.25, 0.3) is 5.91 Å². The average Bonchev–Trinajstić information content (AvgIpc) is 3.37. The highest BCUT2D eigenvalue weighted by Gasteiger charge is 2.47. The Morgan fingerprint density at radius 1 is 1.28 bits per heavy atom. The van der Waals surface area contributed by atoms with Crippen molar-refractivity contribution in [2.75, 3.05) is 40.7 Å². The fourth-order valence-corrected chi connectivity index (χ4v) is 5.49. The summed E-state index contributed by atoms with van der Waals surface area (Å²) in [7, 11) is 5.90. The van der Waals surface area contributed by atoms with Gasteiger partial charge in [-0.15, -0.1) is 0 Å². The predicted molar refractivity (Wildman–Crippen MR) is 140 cm³/mol. The van der Waals surface area contributed by atoms with E-state index >= 15 is 0 Å². The first-order chi connectivity index (χ1) is 18.7. The van der Waals surface area contributed by atoms with Crippen LogP contribution in [0.25, 0.3) is 0 Å². The van der Waals surface area contributed by atoms with Crippen LogP contribution in [0.4, 0.5) is 4.79 Å². The smallest absolute Gasteiger partial charge is 0.338 e. The molecule has 1 aromatic carbocycles. The zero-order valence-corrected chi connectivity index (χ0v) is 22.8. The molecule has 0 radical (unpaired) electrons. The second-order valence-corrected chi connectivity index (χ2v) is 9.58. The Hall–Kier alpha value is -4.38. The summed E-state index contributed by atoms with van der Waals surface area (Å²) in [5.41, 5.74) is 6.72. The van der Waals surface area contributed by atoms with E-state index in [0.717, 1.165) is 16.7 Å². The number of carbonyl (C=O) groups is 3. The molecule has 0 unspecified atom stereocenters. The van der Waals surface area contributed by atoms with E-state index in [9.17, 15) is 19.6 Å². The van der Waals surface area contributed by atoms with E-state index in [2.05, 4.69) is 16.4 Å². The molecular weight excluding hydrogens is 528 g/mol. The number of carbonyl (C=O) groups excluding carboxylic acids is 3. The monoisotopic (exact) mass is 556 g/mol. The van der Waals surface area contributed by atoms with Crippen molar-refractivity contribution in [2.24, 2.45) is 10.7 Å². The van der Waals surface area contributed by atoms with E-state index in [-0.39, 0.29) is 35.1 Å². The Morgan fingerprint density at radius 2 is 2.03 bits per heavy atom. The highest BCUT2D eigenvalue weighted by Crippen LogP contribution is 2.46. The molecule has 1 aromatic rings. The summed E-state index contributed by atoms with van der Waals surface area (Å²) in [5.74, 6) is -1.32. The highest BCUT2D eigenvalue weighted by molar-refractivity contribution is 8.14. The van der Waals surface area contributed by atoms with E-state index in [1.807, 2.05) is 0 Å². The van der Waals surface area contributed by atoms with Crippen LogP contribution in [-0.4, -0.2) is 85.8 Å². The molecule has 3 aliphatic rings. The van der Waals surface area contributed by atoms with Crippen LogP contribution in [0.15, 0.2) is 46.0 Å². The van der Waals surface area contributed by atoms with Crippen LogP contribution in [0.5, 0.6) is 11.5 Å². The van der Waals surface area contributed by atoms with Gasteiger partial charge in [0.05, 0.1) is 38.1 Å². The van der Waals surface area contributed by atoms with Crippen LogP contribution in [0.1, 0.15) is 18.4 Å². The van der Waals surface area contributed by atoms with Gasteiger partial charge in [-0.2, -0.15) is 5.26 Å². The van der Waals surface area contributed by atoms with Crippen LogP contribution in [0.3, 0.4) is 0 Å². The lowest BCUT2D eigenvalue weighted by molar-refractivity contribution is -0.139. The number of nitriles is 1.